The van der Waals surface area contributed by atoms with Gasteiger partial charge in [0.05, 0.1) is 0 Å². The third kappa shape index (κ3) is 13.9. The molecule has 0 saturated heterocycles. The Hall–Kier alpha value is -0.790. The Balaban J connectivity index is 3.35. The van der Waals surface area contributed by atoms with Crippen LogP contribution in [0.4, 0.5) is 0 Å². The molecule has 0 aromatic carbocycles. The van der Waals surface area contributed by atoms with E-state index in [1.807, 2.05) is 0 Å². The Kier molecular flexibility index (Phi) is 15.0. The minimum atomic E-state index is -0.108. The second-order valence-electron chi connectivity index (χ2n) is 6.20. The molecule has 0 aliphatic heterocycles. The summed E-state index contributed by atoms with van der Waals surface area (Å²) in [7, 11) is 0. The number of amides is 1. The van der Waals surface area contributed by atoms with Crippen molar-refractivity contribution in [1.82, 2.24) is 0 Å². The maximum atomic E-state index is 11.2. The number of hydrogen-bond acceptors (Lipinski definition) is 1. The van der Waals surface area contributed by atoms with Crippen LogP contribution in [0.25, 0.3) is 0 Å². The van der Waals surface area contributed by atoms with Crippen LogP contribution in [-0.4, -0.2) is 5.91 Å². The largest absolute Gasteiger partial charge is 0.369 e. The molecule has 1 atom stereocenters. The van der Waals surface area contributed by atoms with Gasteiger partial charge in [-0.2, -0.15) is 0 Å². The van der Waals surface area contributed by atoms with E-state index in [-0.39, 0.29) is 11.8 Å². The molecule has 21 heavy (non-hydrogen) atoms. The highest BCUT2D eigenvalue weighted by atomic mass is 16.1. The van der Waals surface area contributed by atoms with Crippen LogP contribution in [0.2, 0.25) is 0 Å². The normalized spacial score (nSPS) is 12.9. The second-order valence-corrected chi connectivity index (χ2v) is 6.20. The molecule has 0 fully saturated rings. The highest BCUT2D eigenvalue weighted by Gasteiger charge is 2.12. The van der Waals surface area contributed by atoms with Gasteiger partial charge in [-0.05, 0) is 38.5 Å². The Morgan fingerprint density at radius 1 is 0.810 bits per heavy atom. The van der Waals surface area contributed by atoms with Crippen LogP contribution < -0.4 is 5.73 Å². The lowest BCUT2D eigenvalue weighted by atomic mass is 9.95. The molecular weight excluding hydrogens is 258 g/mol. The summed E-state index contributed by atoms with van der Waals surface area (Å²) in [6, 6.07) is 0. The predicted octanol–water partition coefficient (Wildman–Crippen LogP) is 5.76. The van der Waals surface area contributed by atoms with Crippen LogP contribution in [-0.2, 0) is 4.79 Å². The second kappa shape index (κ2) is 15.6. The van der Waals surface area contributed by atoms with Crippen molar-refractivity contribution in [2.24, 2.45) is 11.7 Å². The van der Waals surface area contributed by atoms with E-state index < -0.39 is 0 Å². The fourth-order valence-corrected chi connectivity index (χ4v) is 2.71. The van der Waals surface area contributed by atoms with E-state index in [1.165, 1.54) is 57.8 Å². The maximum absolute atomic E-state index is 11.2. The molecule has 1 unspecified atom stereocenters. The van der Waals surface area contributed by atoms with Gasteiger partial charge in [-0.3, -0.25) is 4.79 Å². The van der Waals surface area contributed by atoms with E-state index in [1.54, 1.807) is 0 Å². The van der Waals surface area contributed by atoms with Crippen LogP contribution in [0.1, 0.15) is 97.3 Å². The van der Waals surface area contributed by atoms with Crippen LogP contribution in [0.3, 0.4) is 0 Å². The molecule has 0 rings (SSSR count). The summed E-state index contributed by atoms with van der Waals surface area (Å²) in [5, 5.41) is 0. The molecule has 124 valence electrons. The fraction of sp³-hybridized carbons (Fsp3) is 0.842. The van der Waals surface area contributed by atoms with Crippen molar-refractivity contribution in [2.45, 2.75) is 97.3 Å². The number of primary amides is 1. The van der Waals surface area contributed by atoms with E-state index in [4.69, 9.17) is 5.73 Å². The van der Waals surface area contributed by atoms with Crippen LogP contribution >= 0.6 is 0 Å². The molecule has 2 N–H and O–H groups in total. The Morgan fingerprint density at radius 2 is 1.38 bits per heavy atom. The topological polar surface area (TPSA) is 43.1 Å². The molecule has 1 amide bonds. The fourth-order valence-electron chi connectivity index (χ4n) is 2.71. The summed E-state index contributed by atoms with van der Waals surface area (Å²) < 4.78 is 0. The average Bonchev–Trinajstić information content (AvgIpc) is 2.47. The first-order valence-corrected chi connectivity index (χ1v) is 9.16. The number of rotatable bonds is 15. The van der Waals surface area contributed by atoms with Gasteiger partial charge in [-0.1, -0.05) is 70.9 Å². The first kappa shape index (κ1) is 20.2. The van der Waals surface area contributed by atoms with Gasteiger partial charge in [-0.15, -0.1) is 0 Å². The minimum Gasteiger partial charge on any atom is -0.369 e. The van der Waals surface area contributed by atoms with Crippen molar-refractivity contribution in [3.05, 3.63) is 12.2 Å². The summed E-state index contributed by atoms with van der Waals surface area (Å²) in [6.45, 7) is 4.37. The highest BCUT2D eigenvalue weighted by Crippen LogP contribution is 2.16. The van der Waals surface area contributed by atoms with Crippen LogP contribution in [0.5, 0.6) is 0 Å². The smallest absolute Gasteiger partial charge is 0.220 e. The summed E-state index contributed by atoms with van der Waals surface area (Å²) in [5.41, 5.74) is 5.41. The van der Waals surface area contributed by atoms with Gasteiger partial charge in [0.1, 0.15) is 0 Å². The monoisotopic (exact) mass is 295 g/mol. The summed E-state index contributed by atoms with van der Waals surface area (Å²) in [4.78, 5) is 11.2. The Labute approximate surface area is 132 Å². The van der Waals surface area contributed by atoms with Gasteiger partial charge in [-0.25, -0.2) is 0 Å². The van der Waals surface area contributed by atoms with Gasteiger partial charge in [0.25, 0.3) is 0 Å². The lowest BCUT2D eigenvalue weighted by Gasteiger charge is -2.11. The van der Waals surface area contributed by atoms with E-state index >= 15 is 0 Å². The van der Waals surface area contributed by atoms with E-state index in [0.29, 0.717) is 0 Å². The molecule has 0 radical (unpaired) electrons. The molecule has 0 heterocycles. The van der Waals surface area contributed by atoms with Crippen molar-refractivity contribution in [3.63, 3.8) is 0 Å². The number of nitrogens with two attached hydrogens (primary N) is 1. The number of hydrogen-bond donors (Lipinski definition) is 1. The number of allylic oxidation sites excluding steroid dienone is 2. The van der Waals surface area contributed by atoms with Crippen molar-refractivity contribution in [1.29, 1.82) is 0 Å². The van der Waals surface area contributed by atoms with Gasteiger partial charge < -0.3 is 5.73 Å². The summed E-state index contributed by atoms with van der Waals surface area (Å²) in [5.74, 6) is 0.000808. The van der Waals surface area contributed by atoms with Crippen molar-refractivity contribution in [3.8, 4) is 0 Å². The number of carbonyl (C=O) groups excluding carboxylic acids is 1. The van der Waals surface area contributed by atoms with Crippen LogP contribution in [0, 0.1) is 5.92 Å². The summed E-state index contributed by atoms with van der Waals surface area (Å²) >= 11 is 0. The third-order valence-corrected chi connectivity index (χ3v) is 4.10. The molecule has 0 aromatic rings. The first-order valence-electron chi connectivity index (χ1n) is 9.16. The van der Waals surface area contributed by atoms with E-state index in [9.17, 15) is 4.79 Å². The maximum Gasteiger partial charge on any atom is 0.220 e. The zero-order valence-electron chi connectivity index (χ0n) is 14.4. The Bertz CT molecular complexity index is 260. The molecule has 0 aliphatic rings. The van der Waals surface area contributed by atoms with Crippen molar-refractivity contribution < 1.29 is 4.79 Å². The molecule has 0 aliphatic carbocycles. The standard InChI is InChI=1S/C19H37NO/c1-3-5-6-7-8-9-10-11-12-13-14-15-17-18(16-4-2)19(20)21/h9-10,18H,3-8,11-17H2,1-2H3,(H2,20,21)/b10-9-. The molecule has 2 heteroatoms. The van der Waals surface area contributed by atoms with Gasteiger partial charge in [0.15, 0.2) is 0 Å². The molecule has 0 spiro atoms. The zero-order chi connectivity index (χ0) is 15.8. The van der Waals surface area contributed by atoms with Crippen LogP contribution in [0.15, 0.2) is 12.2 Å². The zero-order valence-corrected chi connectivity index (χ0v) is 14.4. The average molecular weight is 296 g/mol. The third-order valence-electron chi connectivity index (χ3n) is 4.10. The molecule has 2 nitrogen and oxygen atoms in total. The lowest BCUT2D eigenvalue weighted by molar-refractivity contribution is -0.122. The van der Waals surface area contributed by atoms with Gasteiger partial charge >= 0.3 is 0 Å². The molecule has 0 bridgehead atoms. The van der Waals surface area contributed by atoms with E-state index in [0.717, 1.165) is 25.7 Å². The number of unbranched alkanes of at least 4 members (excludes halogenated alkanes) is 8. The highest BCUT2D eigenvalue weighted by molar-refractivity contribution is 5.76. The quantitative estimate of drug-likeness (QED) is 0.303. The minimum absolute atomic E-state index is 0.108. The van der Waals surface area contributed by atoms with Crippen molar-refractivity contribution in [2.75, 3.05) is 0 Å². The molecule has 0 aromatic heterocycles. The van der Waals surface area contributed by atoms with Crippen molar-refractivity contribution >= 4 is 5.91 Å². The molecule has 0 saturated carbocycles. The van der Waals surface area contributed by atoms with E-state index in [2.05, 4.69) is 26.0 Å². The molecular formula is C19H37NO. The predicted molar refractivity (Wildman–Crippen MR) is 93.2 cm³/mol. The summed E-state index contributed by atoms with van der Waals surface area (Å²) in [6.07, 6.45) is 20.5. The first-order chi connectivity index (χ1) is 10.2. The SMILES string of the molecule is CCCCCC/C=C\CCCCCCC(CCC)C(N)=O. The number of carbonyl (C=O) groups is 1. The van der Waals surface area contributed by atoms with Gasteiger partial charge in [0, 0.05) is 5.92 Å². The van der Waals surface area contributed by atoms with Gasteiger partial charge in [0.2, 0.25) is 5.91 Å². The lowest BCUT2D eigenvalue weighted by Crippen LogP contribution is -2.23. The Morgan fingerprint density at radius 3 is 1.90 bits per heavy atom.